The van der Waals surface area contributed by atoms with E-state index in [2.05, 4.69) is 0 Å². The molecular formula is C15H14FN3O2. The van der Waals surface area contributed by atoms with E-state index in [1.807, 2.05) is 6.07 Å². The van der Waals surface area contributed by atoms with Gasteiger partial charge in [0.05, 0.1) is 11.6 Å². The molecule has 1 aromatic carbocycles. The van der Waals surface area contributed by atoms with Crippen molar-refractivity contribution in [2.45, 2.75) is 25.4 Å². The van der Waals surface area contributed by atoms with Crippen molar-refractivity contribution in [2.75, 3.05) is 13.1 Å². The van der Waals surface area contributed by atoms with Crippen LogP contribution in [0.3, 0.4) is 0 Å². The van der Waals surface area contributed by atoms with E-state index in [1.54, 1.807) is 4.90 Å². The lowest BCUT2D eigenvalue weighted by Gasteiger charge is -2.36. The van der Waals surface area contributed by atoms with Crippen molar-refractivity contribution in [3.8, 4) is 6.07 Å². The molecule has 1 aromatic rings. The second-order valence-electron chi connectivity index (χ2n) is 5.36. The van der Waals surface area contributed by atoms with Crippen LogP contribution >= 0.6 is 0 Å². The van der Waals surface area contributed by atoms with Gasteiger partial charge in [-0.1, -0.05) is 6.07 Å². The maximum Gasteiger partial charge on any atom is 0.246 e. The Hall–Kier alpha value is -2.42. The number of hydrogen-bond donors (Lipinski definition) is 0. The lowest BCUT2D eigenvalue weighted by atomic mass is 10.1. The van der Waals surface area contributed by atoms with Crippen LogP contribution in [0, 0.1) is 17.1 Å². The first-order valence-corrected chi connectivity index (χ1v) is 6.87. The number of halogens is 1. The second kappa shape index (κ2) is 5.17. The van der Waals surface area contributed by atoms with Gasteiger partial charge < -0.3 is 9.80 Å². The number of hydrogen-bond acceptors (Lipinski definition) is 3. The van der Waals surface area contributed by atoms with Gasteiger partial charge in [0.25, 0.3) is 0 Å². The minimum atomic E-state index is -0.525. The Morgan fingerprint density at radius 2 is 2.19 bits per heavy atom. The number of carbonyl (C=O) groups is 2. The molecule has 2 heterocycles. The van der Waals surface area contributed by atoms with Crippen LogP contribution in [-0.2, 0) is 16.1 Å². The van der Waals surface area contributed by atoms with Crippen LogP contribution in [-0.4, -0.2) is 40.7 Å². The molecule has 1 unspecified atom stereocenters. The van der Waals surface area contributed by atoms with Crippen LogP contribution in [0.2, 0.25) is 0 Å². The first-order valence-electron chi connectivity index (χ1n) is 6.87. The van der Waals surface area contributed by atoms with Crippen LogP contribution in [0.25, 0.3) is 0 Å². The molecule has 2 amide bonds. The van der Waals surface area contributed by atoms with Gasteiger partial charge in [0.2, 0.25) is 11.8 Å². The molecule has 0 saturated carbocycles. The Bertz CT molecular complexity index is 653. The van der Waals surface area contributed by atoms with Gasteiger partial charge in [0.15, 0.2) is 0 Å². The van der Waals surface area contributed by atoms with Gasteiger partial charge in [0, 0.05) is 18.7 Å². The molecule has 0 aromatic heterocycles. The summed E-state index contributed by atoms with van der Waals surface area (Å²) in [5, 5.41) is 8.72. The zero-order valence-electron chi connectivity index (χ0n) is 11.4. The molecule has 21 heavy (non-hydrogen) atoms. The van der Waals surface area contributed by atoms with Crippen LogP contribution in [0.15, 0.2) is 18.2 Å². The molecular weight excluding hydrogens is 273 g/mol. The number of amides is 2. The predicted molar refractivity (Wildman–Crippen MR) is 71.3 cm³/mol. The quantitative estimate of drug-likeness (QED) is 0.816. The summed E-state index contributed by atoms with van der Waals surface area (Å²) in [4.78, 5) is 27.4. The van der Waals surface area contributed by atoms with Crippen molar-refractivity contribution in [1.29, 1.82) is 5.26 Å². The summed E-state index contributed by atoms with van der Waals surface area (Å²) in [7, 11) is 0. The highest BCUT2D eigenvalue weighted by atomic mass is 19.1. The Kier molecular flexibility index (Phi) is 3.34. The zero-order valence-corrected chi connectivity index (χ0v) is 11.4. The third-order valence-corrected chi connectivity index (χ3v) is 4.04. The lowest BCUT2D eigenvalue weighted by Crippen LogP contribution is -2.56. The summed E-state index contributed by atoms with van der Waals surface area (Å²) in [5.41, 5.74) is 0.556. The van der Waals surface area contributed by atoms with Crippen molar-refractivity contribution < 1.29 is 14.0 Å². The van der Waals surface area contributed by atoms with Crippen molar-refractivity contribution in [1.82, 2.24) is 9.80 Å². The number of nitriles is 1. The average Bonchev–Trinajstić information content (AvgIpc) is 2.96. The second-order valence-corrected chi connectivity index (χ2v) is 5.36. The molecule has 0 spiro atoms. The fourth-order valence-electron chi connectivity index (χ4n) is 2.95. The van der Waals surface area contributed by atoms with E-state index in [4.69, 9.17) is 5.26 Å². The van der Waals surface area contributed by atoms with E-state index in [9.17, 15) is 14.0 Å². The molecule has 5 nitrogen and oxygen atoms in total. The van der Waals surface area contributed by atoms with Gasteiger partial charge in [-0.2, -0.15) is 5.26 Å². The fourth-order valence-corrected chi connectivity index (χ4v) is 2.95. The van der Waals surface area contributed by atoms with E-state index in [-0.39, 0.29) is 36.5 Å². The summed E-state index contributed by atoms with van der Waals surface area (Å²) in [6, 6.07) is 5.63. The average molecular weight is 287 g/mol. The van der Waals surface area contributed by atoms with E-state index in [1.165, 1.54) is 17.0 Å². The summed E-state index contributed by atoms with van der Waals surface area (Å²) in [5.74, 6) is -0.717. The highest BCUT2D eigenvalue weighted by Crippen LogP contribution is 2.25. The zero-order chi connectivity index (χ0) is 15.0. The van der Waals surface area contributed by atoms with E-state index >= 15 is 0 Å². The number of benzene rings is 1. The molecule has 6 heteroatoms. The molecule has 3 rings (SSSR count). The number of carbonyl (C=O) groups excluding carboxylic acids is 2. The van der Waals surface area contributed by atoms with Crippen LogP contribution in [0.1, 0.15) is 24.0 Å². The molecule has 0 bridgehead atoms. The summed E-state index contributed by atoms with van der Waals surface area (Å²) < 4.78 is 13.9. The van der Waals surface area contributed by atoms with E-state index in [0.717, 1.165) is 12.5 Å². The first kappa shape index (κ1) is 13.6. The van der Waals surface area contributed by atoms with Crippen molar-refractivity contribution >= 4 is 11.8 Å². The Morgan fingerprint density at radius 3 is 2.90 bits per heavy atom. The largest absolute Gasteiger partial charge is 0.329 e. The number of rotatable bonds is 2. The number of nitrogens with zero attached hydrogens (tertiary/aromatic N) is 3. The van der Waals surface area contributed by atoms with Crippen LogP contribution < -0.4 is 0 Å². The van der Waals surface area contributed by atoms with Gasteiger partial charge >= 0.3 is 0 Å². The van der Waals surface area contributed by atoms with Crippen LogP contribution in [0.4, 0.5) is 4.39 Å². The van der Waals surface area contributed by atoms with Crippen molar-refractivity contribution in [2.24, 2.45) is 0 Å². The highest BCUT2D eigenvalue weighted by Gasteiger charge is 2.41. The monoisotopic (exact) mass is 287 g/mol. The molecule has 0 radical (unpaired) electrons. The standard InChI is InChI=1S/C15H14FN3O2/c16-12-6-10(7-17)3-4-11(12)8-18-9-14(20)19-5-1-2-13(19)15(18)21/h3-4,6,13H,1-2,5,8-9H2. The number of fused-ring (bicyclic) bond motifs is 1. The Morgan fingerprint density at radius 1 is 1.38 bits per heavy atom. The first-order chi connectivity index (χ1) is 10.1. The fraction of sp³-hybridized carbons (Fsp3) is 0.400. The molecule has 108 valence electrons. The summed E-state index contributed by atoms with van der Waals surface area (Å²) >= 11 is 0. The minimum absolute atomic E-state index is 0.00518. The maximum absolute atomic E-state index is 13.9. The summed E-state index contributed by atoms with van der Waals surface area (Å²) in [6.07, 6.45) is 1.51. The van der Waals surface area contributed by atoms with Gasteiger partial charge in [-0.25, -0.2) is 4.39 Å². The van der Waals surface area contributed by atoms with Crippen molar-refractivity contribution in [3.05, 3.63) is 35.1 Å². The SMILES string of the molecule is N#Cc1ccc(CN2CC(=O)N3CCCC3C2=O)c(F)c1. The third-order valence-electron chi connectivity index (χ3n) is 4.04. The molecule has 2 aliphatic heterocycles. The Balaban J connectivity index is 1.80. The maximum atomic E-state index is 13.9. The molecule has 0 aliphatic carbocycles. The molecule has 2 aliphatic rings. The molecule has 1 atom stereocenters. The van der Waals surface area contributed by atoms with Crippen LogP contribution in [0.5, 0.6) is 0 Å². The predicted octanol–water partition coefficient (Wildman–Crippen LogP) is 1.03. The topological polar surface area (TPSA) is 64.4 Å². The Labute approximate surface area is 121 Å². The molecule has 2 fully saturated rings. The van der Waals surface area contributed by atoms with E-state index in [0.29, 0.717) is 18.5 Å². The minimum Gasteiger partial charge on any atom is -0.329 e. The van der Waals surface area contributed by atoms with Gasteiger partial charge in [0.1, 0.15) is 18.4 Å². The smallest absolute Gasteiger partial charge is 0.246 e. The van der Waals surface area contributed by atoms with Gasteiger partial charge in [-0.05, 0) is 25.0 Å². The highest BCUT2D eigenvalue weighted by molar-refractivity contribution is 5.95. The van der Waals surface area contributed by atoms with Gasteiger partial charge in [-0.3, -0.25) is 9.59 Å². The third kappa shape index (κ3) is 2.35. The molecule has 2 saturated heterocycles. The normalized spacial score (nSPS) is 21.4. The number of piperazine rings is 1. The van der Waals surface area contributed by atoms with Crippen molar-refractivity contribution in [3.63, 3.8) is 0 Å². The van der Waals surface area contributed by atoms with E-state index < -0.39 is 5.82 Å². The summed E-state index contributed by atoms with van der Waals surface area (Å²) in [6.45, 7) is 0.690. The lowest BCUT2D eigenvalue weighted by molar-refractivity contribution is -0.154. The van der Waals surface area contributed by atoms with Gasteiger partial charge in [-0.15, -0.1) is 0 Å². The molecule has 0 N–H and O–H groups in total.